The maximum absolute atomic E-state index is 12.5. The molecule has 1 N–H and O–H groups in total. The Labute approximate surface area is 122 Å². The fourth-order valence-corrected chi connectivity index (χ4v) is 3.29. The third kappa shape index (κ3) is 2.98. The normalized spacial score (nSPS) is 11.5. The summed E-state index contributed by atoms with van der Waals surface area (Å²) >= 11 is 0. The molecule has 1 heterocycles. The van der Waals surface area contributed by atoms with Gasteiger partial charge >= 0.3 is 5.97 Å². The van der Waals surface area contributed by atoms with Crippen molar-refractivity contribution in [2.75, 3.05) is 7.11 Å². The second-order valence-electron chi connectivity index (χ2n) is 4.59. The van der Waals surface area contributed by atoms with Crippen LogP contribution in [-0.2, 0) is 21.4 Å². The molecule has 0 amide bonds. The number of carboxylic acids is 1. The Morgan fingerprint density at radius 3 is 2.43 bits per heavy atom. The molecule has 0 fully saturated rings. The van der Waals surface area contributed by atoms with Gasteiger partial charge in [-0.3, -0.25) is 0 Å². The average molecular weight is 309 g/mol. The number of carboxylic acid groups (broad SMARTS) is 1. The van der Waals surface area contributed by atoms with Crippen molar-refractivity contribution < 1.29 is 23.1 Å². The van der Waals surface area contributed by atoms with Crippen LogP contribution in [0.3, 0.4) is 0 Å². The smallest absolute Gasteiger partial charge is 0.353 e. The van der Waals surface area contributed by atoms with Crippen molar-refractivity contribution in [3.05, 3.63) is 53.3 Å². The van der Waals surface area contributed by atoms with Crippen LogP contribution in [0.5, 0.6) is 0 Å². The van der Waals surface area contributed by atoms with Crippen molar-refractivity contribution in [1.29, 1.82) is 0 Å². The summed E-state index contributed by atoms with van der Waals surface area (Å²) in [7, 11) is -2.50. The summed E-state index contributed by atoms with van der Waals surface area (Å²) in [6, 6.07) is 7.51. The van der Waals surface area contributed by atoms with Gasteiger partial charge in [-0.05, 0) is 30.7 Å². The number of benzene rings is 1. The minimum Gasteiger partial charge on any atom is -0.477 e. The van der Waals surface area contributed by atoms with E-state index in [4.69, 9.17) is 4.74 Å². The highest BCUT2D eigenvalue weighted by atomic mass is 32.2. The lowest BCUT2D eigenvalue weighted by Crippen LogP contribution is -2.17. The van der Waals surface area contributed by atoms with Crippen LogP contribution < -0.4 is 0 Å². The Hall–Kier alpha value is -2.12. The second-order valence-corrected chi connectivity index (χ2v) is 6.40. The predicted molar refractivity (Wildman–Crippen MR) is 75.9 cm³/mol. The van der Waals surface area contributed by atoms with E-state index in [2.05, 4.69) is 0 Å². The van der Waals surface area contributed by atoms with E-state index in [-0.39, 0.29) is 17.2 Å². The van der Waals surface area contributed by atoms with Crippen LogP contribution in [0.1, 0.15) is 21.6 Å². The Balaban J connectivity index is 2.58. The number of aromatic carboxylic acids is 1. The fourth-order valence-electron chi connectivity index (χ4n) is 1.92. The highest BCUT2D eigenvalue weighted by molar-refractivity contribution is 7.90. The van der Waals surface area contributed by atoms with Gasteiger partial charge in [-0.15, -0.1) is 0 Å². The van der Waals surface area contributed by atoms with Crippen molar-refractivity contribution >= 4 is 16.0 Å². The molecule has 7 heteroatoms. The van der Waals surface area contributed by atoms with E-state index >= 15 is 0 Å². The summed E-state index contributed by atoms with van der Waals surface area (Å²) in [5.41, 5.74) is 1.08. The van der Waals surface area contributed by atoms with Crippen molar-refractivity contribution in [3.8, 4) is 0 Å². The van der Waals surface area contributed by atoms with Gasteiger partial charge in [-0.1, -0.05) is 17.7 Å². The number of nitrogens with zero attached hydrogens (tertiary/aromatic N) is 1. The van der Waals surface area contributed by atoms with Gasteiger partial charge in [-0.2, -0.15) is 0 Å². The topological polar surface area (TPSA) is 85.6 Å². The molecule has 21 heavy (non-hydrogen) atoms. The number of aromatic nitrogens is 1. The molecule has 2 aromatic rings. The van der Waals surface area contributed by atoms with E-state index in [1.165, 1.54) is 31.5 Å². The van der Waals surface area contributed by atoms with Crippen molar-refractivity contribution in [2.24, 2.45) is 0 Å². The largest absolute Gasteiger partial charge is 0.477 e. The molecule has 0 saturated carbocycles. The van der Waals surface area contributed by atoms with E-state index in [0.717, 1.165) is 9.54 Å². The van der Waals surface area contributed by atoms with E-state index < -0.39 is 16.0 Å². The number of ether oxygens (including phenoxy) is 1. The fraction of sp³-hybridized carbons (Fsp3) is 0.214. The first-order chi connectivity index (χ1) is 9.86. The number of carbonyl (C=O) groups is 1. The first-order valence-corrected chi connectivity index (χ1v) is 7.56. The van der Waals surface area contributed by atoms with E-state index in [1.807, 2.05) is 6.92 Å². The molecular formula is C14H15NO5S. The number of rotatable bonds is 5. The first-order valence-electron chi connectivity index (χ1n) is 6.12. The van der Waals surface area contributed by atoms with Gasteiger partial charge in [0.15, 0.2) is 0 Å². The predicted octanol–water partition coefficient (Wildman–Crippen LogP) is 1.88. The third-order valence-electron chi connectivity index (χ3n) is 2.95. The van der Waals surface area contributed by atoms with Gasteiger partial charge in [0, 0.05) is 13.3 Å². The number of aryl methyl sites for hydroxylation is 1. The highest BCUT2D eigenvalue weighted by Crippen LogP contribution is 2.20. The number of methoxy groups -OCH3 is 1. The summed E-state index contributed by atoms with van der Waals surface area (Å²) in [6.45, 7) is 1.97. The summed E-state index contributed by atoms with van der Waals surface area (Å²) in [4.78, 5) is 11.3. The Bertz CT molecular complexity index is 759. The van der Waals surface area contributed by atoms with Gasteiger partial charge in [0.25, 0.3) is 10.0 Å². The molecule has 1 aromatic carbocycles. The zero-order valence-corrected chi connectivity index (χ0v) is 12.4. The van der Waals surface area contributed by atoms with Gasteiger partial charge in [0.05, 0.1) is 11.5 Å². The molecule has 0 aliphatic heterocycles. The molecule has 0 spiro atoms. The van der Waals surface area contributed by atoms with Crippen LogP contribution in [0.15, 0.2) is 41.4 Å². The SMILES string of the molecule is COCc1cc(C(=O)O)n(S(=O)(=O)c2ccc(C)cc2)c1. The minimum absolute atomic E-state index is 0.0372. The molecular weight excluding hydrogens is 294 g/mol. The Kier molecular flexibility index (Phi) is 4.15. The molecule has 0 saturated heterocycles. The average Bonchev–Trinajstić information content (AvgIpc) is 2.85. The molecule has 0 radical (unpaired) electrons. The van der Waals surface area contributed by atoms with Gasteiger partial charge in [-0.25, -0.2) is 17.2 Å². The van der Waals surface area contributed by atoms with E-state index in [9.17, 15) is 18.3 Å². The first kappa shape index (κ1) is 15.3. The summed E-state index contributed by atoms with van der Waals surface area (Å²) in [5.74, 6) is -1.31. The lowest BCUT2D eigenvalue weighted by molar-refractivity contribution is 0.0689. The van der Waals surface area contributed by atoms with Crippen molar-refractivity contribution in [3.63, 3.8) is 0 Å². The van der Waals surface area contributed by atoms with Crippen molar-refractivity contribution in [1.82, 2.24) is 3.97 Å². The molecule has 0 aliphatic carbocycles. The lowest BCUT2D eigenvalue weighted by Gasteiger charge is -2.08. The third-order valence-corrected chi connectivity index (χ3v) is 4.64. The van der Waals surface area contributed by atoms with Crippen LogP contribution in [0.4, 0.5) is 0 Å². The standard InChI is InChI=1S/C14H15NO5S/c1-10-3-5-12(6-4-10)21(18,19)15-8-11(9-20-2)7-13(15)14(16)17/h3-8H,9H2,1-2H3,(H,16,17). The monoisotopic (exact) mass is 309 g/mol. The zero-order chi connectivity index (χ0) is 15.6. The van der Waals surface area contributed by atoms with E-state index in [1.54, 1.807) is 12.1 Å². The Morgan fingerprint density at radius 1 is 1.29 bits per heavy atom. The number of hydrogen-bond acceptors (Lipinski definition) is 4. The molecule has 112 valence electrons. The summed E-state index contributed by atoms with van der Waals surface area (Å²) in [5, 5.41) is 9.18. The maximum atomic E-state index is 12.5. The molecule has 1 aromatic heterocycles. The molecule has 0 atom stereocenters. The Morgan fingerprint density at radius 2 is 1.90 bits per heavy atom. The molecule has 0 unspecified atom stereocenters. The second kappa shape index (κ2) is 5.71. The van der Waals surface area contributed by atoms with Crippen LogP contribution in [0.2, 0.25) is 0 Å². The molecule has 0 aliphatic rings. The van der Waals surface area contributed by atoms with E-state index in [0.29, 0.717) is 5.56 Å². The van der Waals surface area contributed by atoms with Crippen LogP contribution in [0, 0.1) is 6.92 Å². The van der Waals surface area contributed by atoms with Gasteiger partial charge in [0.1, 0.15) is 5.69 Å². The van der Waals surface area contributed by atoms with Gasteiger partial charge < -0.3 is 9.84 Å². The quantitative estimate of drug-likeness (QED) is 0.911. The maximum Gasteiger partial charge on any atom is 0.353 e. The summed E-state index contributed by atoms with van der Waals surface area (Å²) < 4.78 is 30.8. The van der Waals surface area contributed by atoms with Gasteiger partial charge in [0.2, 0.25) is 0 Å². The number of hydrogen-bond donors (Lipinski definition) is 1. The van der Waals surface area contributed by atoms with Crippen LogP contribution >= 0.6 is 0 Å². The van der Waals surface area contributed by atoms with Crippen LogP contribution in [-0.4, -0.2) is 30.6 Å². The molecule has 6 nitrogen and oxygen atoms in total. The highest BCUT2D eigenvalue weighted by Gasteiger charge is 2.24. The summed E-state index contributed by atoms with van der Waals surface area (Å²) in [6.07, 6.45) is 1.27. The molecule has 2 rings (SSSR count). The van der Waals surface area contributed by atoms with Crippen molar-refractivity contribution in [2.45, 2.75) is 18.4 Å². The zero-order valence-electron chi connectivity index (χ0n) is 11.6. The lowest BCUT2D eigenvalue weighted by atomic mass is 10.2. The molecule has 0 bridgehead atoms. The minimum atomic E-state index is -3.95. The van der Waals surface area contributed by atoms with Crippen LogP contribution in [0.25, 0.3) is 0 Å².